The van der Waals surface area contributed by atoms with Crippen LogP contribution < -0.4 is 10.1 Å². The van der Waals surface area contributed by atoms with E-state index < -0.39 is 0 Å². The van der Waals surface area contributed by atoms with Crippen LogP contribution in [0.3, 0.4) is 0 Å². The van der Waals surface area contributed by atoms with E-state index in [1.54, 1.807) is 25.3 Å². The van der Waals surface area contributed by atoms with Crippen LogP contribution in [0, 0.1) is 0 Å². The van der Waals surface area contributed by atoms with Gasteiger partial charge in [0.2, 0.25) is 0 Å². The van der Waals surface area contributed by atoms with Crippen molar-refractivity contribution in [1.82, 2.24) is 25.2 Å². The summed E-state index contributed by atoms with van der Waals surface area (Å²) in [6.07, 6.45) is 3.79. The average Bonchev–Trinajstić information content (AvgIpc) is 3.12. The summed E-state index contributed by atoms with van der Waals surface area (Å²) in [5.41, 5.74) is 1.40. The summed E-state index contributed by atoms with van der Waals surface area (Å²) in [5.74, 6) is 0.656. The molecule has 0 aliphatic carbocycles. The van der Waals surface area contributed by atoms with E-state index in [0.717, 1.165) is 37.2 Å². The van der Waals surface area contributed by atoms with Gasteiger partial charge in [-0.3, -0.25) is 4.79 Å². The molecule has 0 atom stereocenters. The minimum absolute atomic E-state index is 0. The summed E-state index contributed by atoms with van der Waals surface area (Å²) in [4.78, 5) is 14.2. The molecular weight excluding hydrogens is 342 g/mol. The maximum atomic E-state index is 12.6. The van der Waals surface area contributed by atoms with E-state index in [1.807, 2.05) is 28.9 Å². The fraction of sp³-hybridized carbons (Fsp3) is 0.471. The third-order valence-corrected chi connectivity index (χ3v) is 4.31. The quantitative estimate of drug-likeness (QED) is 0.876. The smallest absolute Gasteiger partial charge is 0.276 e. The topological polar surface area (TPSA) is 72.3 Å². The van der Waals surface area contributed by atoms with Crippen LogP contribution in [-0.4, -0.2) is 53.0 Å². The molecule has 2 heterocycles. The molecule has 1 aromatic heterocycles. The van der Waals surface area contributed by atoms with Gasteiger partial charge in [0.25, 0.3) is 5.91 Å². The molecule has 7 nitrogen and oxygen atoms in total. The number of nitrogens with one attached hydrogen (secondary N) is 1. The molecule has 25 heavy (non-hydrogen) atoms. The molecule has 136 valence electrons. The maximum absolute atomic E-state index is 12.6. The molecule has 1 aliphatic rings. The number of carbonyl (C=O) groups excluding carboxylic acids is 1. The van der Waals surface area contributed by atoms with Crippen molar-refractivity contribution in [3.05, 3.63) is 41.7 Å². The molecule has 0 unspecified atom stereocenters. The first-order chi connectivity index (χ1) is 11.7. The number of halogens is 1. The zero-order chi connectivity index (χ0) is 16.9. The predicted molar refractivity (Wildman–Crippen MR) is 97.2 cm³/mol. The molecule has 2 aromatic rings. The van der Waals surface area contributed by atoms with E-state index in [4.69, 9.17) is 4.74 Å². The summed E-state index contributed by atoms with van der Waals surface area (Å²) in [7, 11) is 3.40. The lowest BCUT2D eigenvalue weighted by atomic mass is 10.1. The van der Waals surface area contributed by atoms with Crippen molar-refractivity contribution >= 4 is 18.3 Å². The highest BCUT2D eigenvalue weighted by molar-refractivity contribution is 5.91. The highest BCUT2D eigenvalue weighted by Gasteiger charge is 2.20. The molecule has 1 N–H and O–H groups in total. The molecular formula is C17H24ClN5O2. The molecule has 0 spiro atoms. The molecule has 0 bridgehead atoms. The van der Waals surface area contributed by atoms with Gasteiger partial charge in [-0.15, -0.1) is 17.5 Å². The molecule has 1 amide bonds. The Kier molecular flexibility index (Phi) is 6.78. The number of amides is 1. The highest BCUT2D eigenvalue weighted by atomic mass is 35.5. The molecule has 3 rings (SSSR count). The Morgan fingerprint density at radius 2 is 2.16 bits per heavy atom. The van der Waals surface area contributed by atoms with Gasteiger partial charge in [-0.2, -0.15) is 0 Å². The van der Waals surface area contributed by atoms with Gasteiger partial charge in [0.15, 0.2) is 5.69 Å². The third-order valence-electron chi connectivity index (χ3n) is 4.31. The highest BCUT2D eigenvalue weighted by Crippen LogP contribution is 2.18. The number of piperidine rings is 1. The van der Waals surface area contributed by atoms with Crippen LogP contribution in [0.2, 0.25) is 0 Å². The van der Waals surface area contributed by atoms with Crippen LogP contribution in [-0.2, 0) is 6.54 Å². The average molecular weight is 366 g/mol. The van der Waals surface area contributed by atoms with Crippen LogP contribution in [0.5, 0.6) is 5.75 Å². The van der Waals surface area contributed by atoms with E-state index in [1.165, 1.54) is 0 Å². The number of benzene rings is 1. The van der Waals surface area contributed by atoms with Crippen LogP contribution in [0.4, 0.5) is 0 Å². The van der Waals surface area contributed by atoms with Gasteiger partial charge in [-0.25, -0.2) is 4.68 Å². The third kappa shape index (κ3) is 4.70. The van der Waals surface area contributed by atoms with Gasteiger partial charge in [-0.05, 0) is 43.6 Å². The molecule has 1 fully saturated rings. The Morgan fingerprint density at radius 1 is 1.40 bits per heavy atom. The predicted octanol–water partition coefficient (Wildman–Crippen LogP) is 1.91. The van der Waals surface area contributed by atoms with E-state index in [0.29, 0.717) is 18.3 Å². The SMILES string of the molecule is COc1cccc(CN(C)C(=O)c2cn(C3CCNCC3)nn2)c1.Cl. The first-order valence-corrected chi connectivity index (χ1v) is 8.18. The summed E-state index contributed by atoms with van der Waals surface area (Å²) in [5, 5.41) is 11.5. The normalized spacial score (nSPS) is 14.6. The maximum Gasteiger partial charge on any atom is 0.276 e. The lowest BCUT2D eigenvalue weighted by Crippen LogP contribution is -2.29. The van der Waals surface area contributed by atoms with E-state index in [-0.39, 0.29) is 18.3 Å². The van der Waals surface area contributed by atoms with Gasteiger partial charge < -0.3 is 15.0 Å². The van der Waals surface area contributed by atoms with Crippen LogP contribution >= 0.6 is 12.4 Å². The monoisotopic (exact) mass is 365 g/mol. The van der Waals surface area contributed by atoms with Crippen molar-refractivity contribution < 1.29 is 9.53 Å². The largest absolute Gasteiger partial charge is 0.497 e. The first-order valence-electron chi connectivity index (χ1n) is 8.18. The van der Waals surface area contributed by atoms with Gasteiger partial charge in [-0.1, -0.05) is 17.3 Å². The van der Waals surface area contributed by atoms with E-state index in [2.05, 4.69) is 15.6 Å². The Bertz CT molecular complexity index is 700. The van der Waals surface area contributed by atoms with Crippen molar-refractivity contribution in [3.63, 3.8) is 0 Å². The summed E-state index contributed by atoms with van der Waals surface area (Å²) < 4.78 is 7.04. The molecule has 8 heteroatoms. The molecule has 1 saturated heterocycles. The number of nitrogens with zero attached hydrogens (tertiary/aromatic N) is 4. The van der Waals surface area contributed by atoms with Crippen LogP contribution in [0.1, 0.15) is 34.9 Å². The number of methoxy groups -OCH3 is 1. The zero-order valence-corrected chi connectivity index (χ0v) is 15.3. The number of hydrogen-bond acceptors (Lipinski definition) is 5. The Morgan fingerprint density at radius 3 is 2.88 bits per heavy atom. The fourth-order valence-corrected chi connectivity index (χ4v) is 2.94. The first kappa shape index (κ1) is 19.2. The zero-order valence-electron chi connectivity index (χ0n) is 14.5. The van der Waals surface area contributed by atoms with Gasteiger partial charge >= 0.3 is 0 Å². The summed E-state index contributed by atoms with van der Waals surface area (Å²) >= 11 is 0. The Balaban J connectivity index is 0.00000225. The van der Waals surface area contributed by atoms with Crippen molar-refractivity contribution in [2.24, 2.45) is 0 Å². The van der Waals surface area contributed by atoms with Gasteiger partial charge in [0.05, 0.1) is 19.3 Å². The standard InChI is InChI=1S/C17H23N5O2.ClH/c1-21(11-13-4-3-5-15(10-13)24-2)17(23)16-12-22(20-19-16)14-6-8-18-9-7-14;/h3-5,10,12,14,18H,6-9,11H2,1-2H3;1H. The van der Waals surface area contributed by atoms with Crippen molar-refractivity contribution in [1.29, 1.82) is 0 Å². The molecule has 0 saturated carbocycles. The number of hydrogen-bond donors (Lipinski definition) is 1. The number of carbonyl (C=O) groups is 1. The van der Waals surface area contributed by atoms with Crippen molar-refractivity contribution in [2.45, 2.75) is 25.4 Å². The van der Waals surface area contributed by atoms with Crippen LogP contribution in [0.25, 0.3) is 0 Å². The van der Waals surface area contributed by atoms with Crippen molar-refractivity contribution in [2.75, 3.05) is 27.2 Å². The number of aromatic nitrogens is 3. The van der Waals surface area contributed by atoms with Crippen LogP contribution in [0.15, 0.2) is 30.5 Å². The van der Waals surface area contributed by atoms with E-state index in [9.17, 15) is 4.79 Å². The lowest BCUT2D eigenvalue weighted by molar-refractivity contribution is 0.0779. The van der Waals surface area contributed by atoms with Gasteiger partial charge in [0.1, 0.15) is 5.75 Å². The number of rotatable bonds is 5. The minimum atomic E-state index is -0.127. The second-order valence-electron chi connectivity index (χ2n) is 6.08. The second-order valence-corrected chi connectivity index (χ2v) is 6.08. The molecule has 1 aliphatic heterocycles. The summed E-state index contributed by atoms with van der Waals surface area (Å²) in [6.45, 7) is 2.45. The Labute approximate surface area is 153 Å². The summed E-state index contributed by atoms with van der Waals surface area (Å²) in [6, 6.07) is 8.02. The van der Waals surface area contributed by atoms with E-state index >= 15 is 0 Å². The van der Waals surface area contributed by atoms with Crippen molar-refractivity contribution in [3.8, 4) is 5.75 Å². The molecule has 1 aromatic carbocycles. The van der Waals surface area contributed by atoms with Gasteiger partial charge in [0, 0.05) is 13.6 Å². The Hall–Kier alpha value is -2.12. The second kappa shape index (κ2) is 8.82. The molecule has 0 radical (unpaired) electrons. The number of ether oxygens (including phenoxy) is 1. The minimum Gasteiger partial charge on any atom is -0.497 e. The fourth-order valence-electron chi connectivity index (χ4n) is 2.94. The lowest BCUT2D eigenvalue weighted by Gasteiger charge is -2.22.